The van der Waals surface area contributed by atoms with Crippen molar-refractivity contribution in [1.29, 1.82) is 0 Å². The van der Waals surface area contributed by atoms with E-state index in [0.29, 0.717) is 73.0 Å². The second-order valence-corrected chi connectivity index (χ2v) is 24.4. The van der Waals surface area contributed by atoms with Crippen LogP contribution in [0, 0.1) is 0 Å². The quantitative estimate of drug-likeness (QED) is 0.0280. The van der Waals surface area contributed by atoms with Gasteiger partial charge in [0.1, 0.15) is 57.5 Å². The number of phenolic OH excluding ortho intramolecular Hbond substituents is 4. The van der Waals surface area contributed by atoms with Gasteiger partial charge in [0.25, 0.3) is 0 Å². The van der Waals surface area contributed by atoms with Crippen LogP contribution >= 0.6 is 17.2 Å². The first-order valence-electron chi connectivity index (χ1n) is 32.1. The molecule has 12 heteroatoms. The van der Waals surface area contributed by atoms with E-state index in [1.165, 1.54) is 0 Å². The lowest BCUT2D eigenvalue weighted by atomic mass is 10.0. The van der Waals surface area contributed by atoms with Crippen LogP contribution in [0.25, 0.3) is 0 Å². The van der Waals surface area contributed by atoms with Gasteiger partial charge in [0.15, 0.2) is 0 Å². The summed E-state index contributed by atoms with van der Waals surface area (Å²) in [5, 5.41) is 45.5. The van der Waals surface area contributed by atoms with Gasteiger partial charge in [-0.05, 0) is 245 Å². The summed E-state index contributed by atoms with van der Waals surface area (Å²) in [7, 11) is -4.40. The molecule has 4 N–H and O–H groups in total. The molecule has 0 bridgehead atoms. The summed E-state index contributed by atoms with van der Waals surface area (Å²) in [4.78, 5) is 0. The molecule has 5 aromatic carbocycles. The Kier molecular flexibility index (Phi) is 30.8. The van der Waals surface area contributed by atoms with E-state index in [4.69, 9.17) is 27.1 Å². The topological polar surface area (TPSA) is 136 Å². The van der Waals surface area contributed by atoms with Crippen molar-refractivity contribution in [2.45, 2.75) is 262 Å². The van der Waals surface area contributed by atoms with Crippen LogP contribution in [0.1, 0.15) is 253 Å². The average Bonchev–Trinajstić information content (AvgIpc) is 3.50. The van der Waals surface area contributed by atoms with Gasteiger partial charge in [-0.3, -0.25) is 0 Å². The predicted octanol–water partition coefficient (Wildman–Crippen LogP) is 21.5. The summed E-state index contributed by atoms with van der Waals surface area (Å²) in [5.74, 6) is 4.97. The number of hydrogen-bond donors (Lipinski definition) is 4. The standard InChI is InChI=1S/C70H104O10P2/c1-11-21-31-51-45-65(55(35-25-15-5)41-61(51)71)75-81(76-66-46-52(32-22-12-2)62(72)42-56(66)36-26-16-6)79-69-49-60(40-30-20-10)70(50-59(69)39-29-19-9)80-82(77-67-47-53(33-23-13-3)63(73)43-57(67)37-27-17-7)78-68-48-54(34-24-14-4)64(74)44-58(68)38-28-18-8/h41-50,71-74H,11-40H2,1-10H3. The van der Waals surface area contributed by atoms with Gasteiger partial charge in [-0.2, -0.15) is 0 Å². The number of unbranched alkanes of at least 4 members (excludes halogenated alkanes) is 10. The van der Waals surface area contributed by atoms with Gasteiger partial charge in [-0.1, -0.05) is 133 Å². The zero-order valence-corrected chi connectivity index (χ0v) is 53.9. The first kappa shape index (κ1) is 67.7. The van der Waals surface area contributed by atoms with Crippen LogP contribution < -0.4 is 27.1 Å². The van der Waals surface area contributed by atoms with Gasteiger partial charge in [0.2, 0.25) is 0 Å². The van der Waals surface area contributed by atoms with E-state index in [1.54, 1.807) is 0 Å². The number of hydrogen-bond acceptors (Lipinski definition) is 10. The highest BCUT2D eigenvalue weighted by Gasteiger charge is 2.30. The maximum Gasteiger partial charge on any atom is 0.530 e. The minimum absolute atomic E-state index is 0.281. The van der Waals surface area contributed by atoms with Crippen LogP contribution in [0.2, 0.25) is 0 Å². The van der Waals surface area contributed by atoms with Crippen LogP contribution in [0.5, 0.6) is 57.5 Å². The zero-order valence-electron chi connectivity index (χ0n) is 52.1. The highest BCUT2D eigenvalue weighted by molar-refractivity contribution is 7.43. The van der Waals surface area contributed by atoms with E-state index in [-0.39, 0.29) is 23.0 Å². The summed E-state index contributed by atoms with van der Waals surface area (Å²) in [6.45, 7) is 21.7. The average molecular weight is 1170 g/mol. The largest absolute Gasteiger partial charge is 0.530 e. The molecule has 5 rings (SSSR count). The number of aryl methyl sites for hydroxylation is 10. The molecule has 0 aliphatic heterocycles. The third-order valence-corrected chi connectivity index (χ3v) is 17.4. The summed E-state index contributed by atoms with van der Waals surface area (Å²) >= 11 is 0. The molecule has 0 aliphatic rings. The third-order valence-electron chi connectivity index (χ3n) is 15.3. The van der Waals surface area contributed by atoms with Crippen molar-refractivity contribution in [3.63, 3.8) is 0 Å². The molecule has 0 saturated heterocycles. The predicted molar refractivity (Wildman–Crippen MR) is 343 cm³/mol. The monoisotopic (exact) mass is 1170 g/mol. The first-order chi connectivity index (χ1) is 39.9. The highest BCUT2D eigenvalue weighted by Crippen LogP contribution is 2.52. The molecule has 0 radical (unpaired) electrons. The van der Waals surface area contributed by atoms with Crippen molar-refractivity contribution in [3.8, 4) is 57.5 Å². The lowest BCUT2D eigenvalue weighted by molar-refractivity contribution is 0.374. The fourth-order valence-electron chi connectivity index (χ4n) is 10.0. The molecule has 0 spiro atoms. The molecule has 454 valence electrons. The maximum absolute atomic E-state index is 11.4. The van der Waals surface area contributed by atoms with Crippen LogP contribution in [0.15, 0.2) is 60.7 Å². The van der Waals surface area contributed by atoms with Gasteiger partial charge in [-0.15, -0.1) is 0 Å². The van der Waals surface area contributed by atoms with Crippen molar-refractivity contribution in [2.24, 2.45) is 0 Å². The fraction of sp³-hybridized carbons (Fsp3) is 0.571. The molecule has 82 heavy (non-hydrogen) atoms. The van der Waals surface area contributed by atoms with Gasteiger partial charge in [0, 0.05) is 0 Å². The third kappa shape index (κ3) is 21.2. The maximum atomic E-state index is 11.4. The van der Waals surface area contributed by atoms with Gasteiger partial charge in [-0.25, -0.2) is 0 Å². The Balaban J connectivity index is 1.75. The Morgan fingerprint density at radius 3 is 0.512 bits per heavy atom. The Hall–Kier alpha value is -5.04. The molecule has 0 unspecified atom stereocenters. The lowest BCUT2D eigenvalue weighted by Gasteiger charge is -2.25. The van der Waals surface area contributed by atoms with Crippen LogP contribution in [-0.4, -0.2) is 20.4 Å². The molecule has 0 amide bonds. The molecular weight excluding hydrogens is 1060 g/mol. The Morgan fingerprint density at radius 1 is 0.220 bits per heavy atom. The van der Waals surface area contributed by atoms with E-state index in [0.717, 1.165) is 210 Å². The Labute approximate surface area is 498 Å². The lowest BCUT2D eigenvalue weighted by Crippen LogP contribution is -2.10. The molecule has 0 atom stereocenters. The van der Waals surface area contributed by atoms with Gasteiger partial charge in [0.05, 0.1) is 0 Å². The number of benzene rings is 5. The van der Waals surface area contributed by atoms with Crippen molar-refractivity contribution in [3.05, 3.63) is 116 Å². The Bertz CT molecular complexity index is 2350. The fourth-order valence-corrected chi connectivity index (χ4v) is 12.2. The summed E-state index contributed by atoms with van der Waals surface area (Å²) in [5.41, 5.74) is 8.80. The van der Waals surface area contributed by atoms with Crippen LogP contribution in [0.3, 0.4) is 0 Å². The van der Waals surface area contributed by atoms with E-state index >= 15 is 0 Å². The second-order valence-electron chi connectivity index (χ2n) is 22.5. The zero-order chi connectivity index (χ0) is 59.2. The Morgan fingerprint density at radius 2 is 0.354 bits per heavy atom. The number of rotatable bonds is 42. The van der Waals surface area contributed by atoms with Crippen molar-refractivity contribution in [2.75, 3.05) is 0 Å². The number of aromatic hydroxyl groups is 4. The molecule has 0 aromatic heterocycles. The summed E-state index contributed by atoms with van der Waals surface area (Å²) in [6.07, 6.45) is 26.0. The first-order valence-corrected chi connectivity index (χ1v) is 34.3. The molecule has 0 heterocycles. The molecule has 0 saturated carbocycles. The van der Waals surface area contributed by atoms with E-state index < -0.39 is 17.2 Å². The van der Waals surface area contributed by atoms with E-state index in [1.807, 2.05) is 48.5 Å². The number of phenols is 4. The van der Waals surface area contributed by atoms with Gasteiger partial charge >= 0.3 is 17.2 Å². The van der Waals surface area contributed by atoms with Gasteiger partial charge < -0.3 is 47.6 Å². The van der Waals surface area contributed by atoms with Crippen LogP contribution in [-0.2, 0) is 64.2 Å². The van der Waals surface area contributed by atoms with E-state index in [9.17, 15) is 20.4 Å². The SMILES string of the molecule is CCCCc1cc(OP(Oc2cc(CCCC)c(O)cc2CCCC)Oc2cc(CCCC)c(OP(Oc3cc(CCCC)c(O)cc3CCCC)Oc3cc(CCCC)c(O)cc3CCCC)cc2CCCC)c(CCCC)cc1O. The van der Waals surface area contributed by atoms with Crippen molar-refractivity contribution in [1.82, 2.24) is 0 Å². The minimum atomic E-state index is -2.20. The molecule has 0 aliphatic carbocycles. The molecule has 0 fully saturated rings. The molecule has 5 aromatic rings. The normalized spacial score (nSPS) is 11.5. The summed E-state index contributed by atoms with van der Waals surface area (Å²) in [6, 6.07) is 19.7. The van der Waals surface area contributed by atoms with Crippen molar-refractivity contribution < 1.29 is 47.6 Å². The van der Waals surface area contributed by atoms with Crippen LogP contribution in [0.4, 0.5) is 0 Å². The molecule has 10 nitrogen and oxygen atoms in total. The van der Waals surface area contributed by atoms with Crippen molar-refractivity contribution >= 4 is 17.2 Å². The second kappa shape index (κ2) is 37.3. The van der Waals surface area contributed by atoms with E-state index in [2.05, 4.69) is 81.4 Å². The highest BCUT2D eigenvalue weighted by atomic mass is 31.2. The minimum Gasteiger partial charge on any atom is -0.508 e. The summed E-state index contributed by atoms with van der Waals surface area (Å²) < 4.78 is 43.2. The molecular formula is C70H104O10P2. The smallest absolute Gasteiger partial charge is 0.508 e.